The maximum absolute atomic E-state index is 13.9. The lowest BCUT2D eigenvalue weighted by Crippen LogP contribution is -2.51. The number of carbonyl (C=O) groups excluding carboxylic acids is 2. The van der Waals surface area contributed by atoms with Crippen LogP contribution in [0.5, 0.6) is 0 Å². The molecule has 0 unspecified atom stereocenters. The molecule has 0 bridgehead atoms. The molecule has 0 spiro atoms. The Hall–Kier alpha value is -3.72. The number of hydrogen-bond donors (Lipinski definition) is 1. The summed E-state index contributed by atoms with van der Waals surface area (Å²) in [6.45, 7) is 6.76. The number of benzene rings is 3. The van der Waals surface area contributed by atoms with Crippen molar-refractivity contribution in [2.75, 3.05) is 17.9 Å². The second-order valence-corrected chi connectivity index (χ2v) is 11.2. The molecule has 1 N–H and O–H groups in total. The van der Waals surface area contributed by atoms with Crippen molar-refractivity contribution in [3.8, 4) is 0 Å². The van der Waals surface area contributed by atoms with Crippen LogP contribution in [0.4, 0.5) is 10.1 Å². The van der Waals surface area contributed by atoms with Crippen LogP contribution in [-0.2, 0) is 26.2 Å². The Kier molecular flexibility index (Phi) is 9.27. The largest absolute Gasteiger partial charge is 0.357 e. The van der Waals surface area contributed by atoms with E-state index in [4.69, 9.17) is 0 Å². The zero-order valence-corrected chi connectivity index (χ0v) is 23.2. The zero-order chi connectivity index (χ0) is 28.0. The van der Waals surface area contributed by atoms with Gasteiger partial charge >= 0.3 is 0 Å². The predicted octanol–water partition coefficient (Wildman–Crippen LogP) is 4.50. The summed E-state index contributed by atoms with van der Waals surface area (Å²) in [5.41, 5.74) is 3.42. The lowest BCUT2D eigenvalue weighted by Gasteiger charge is -2.33. The van der Waals surface area contributed by atoms with E-state index in [2.05, 4.69) is 5.32 Å². The number of nitrogens with one attached hydrogen (secondary N) is 1. The number of nitrogens with zero attached hydrogens (tertiary/aromatic N) is 2. The number of rotatable bonds is 10. The third-order valence-electron chi connectivity index (χ3n) is 6.42. The minimum absolute atomic E-state index is 0.0102. The highest BCUT2D eigenvalue weighted by Crippen LogP contribution is 2.29. The van der Waals surface area contributed by atoms with E-state index in [9.17, 15) is 22.4 Å². The van der Waals surface area contributed by atoms with Crippen molar-refractivity contribution in [3.63, 3.8) is 0 Å². The standard InChI is InChI=1S/C29H34FN3O4S/c1-6-26(29(35)31-5)32(18-23-11-13-24(30)14-12-23)28(34)19-33(27-17-21(3)7-10-22(27)4)38(36,37)25-15-8-20(2)9-16-25/h7-17,26H,6,18-19H2,1-5H3,(H,31,35)/t26-/m1/s1. The molecule has 202 valence electrons. The highest BCUT2D eigenvalue weighted by Gasteiger charge is 2.34. The van der Waals surface area contributed by atoms with E-state index in [1.165, 1.54) is 48.3 Å². The summed E-state index contributed by atoms with van der Waals surface area (Å²) in [5.74, 6) is -1.35. The molecule has 3 aromatic rings. The number of halogens is 1. The molecular formula is C29H34FN3O4S. The third-order valence-corrected chi connectivity index (χ3v) is 8.19. The van der Waals surface area contributed by atoms with E-state index < -0.39 is 34.3 Å². The van der Waals surface area contributed by atoms with Gasteiger partial charge in [-0.25, -0.2) is 12.8 Å². The first-order chi connectivity index (χ1) is 18.0. The van der Waals surface area contributed by atoms with Crippen LogP contribution in [0.3, 0.4) is 0 Å². The van der Waals surface area contributed by atoms with Gasteiger partial charge in [-0.3, -0.25) is 13.9 Å². The molecule has 0 fully saturated rings. The van der Waals surface area contributed by atoms with E-state index >= 15 is 0 Å². The summed E-state index contributed by atoms with van der Waals surface area (Å²) in [6, 6.07) is 16.6. The van der Waals surface area contributed by atoms with Crippen LogP contribution in [0.2, 0.25) is 0 Å². The molecule has 0 aliphatic rings. The lowest BCUT2D eigenvalue weighted by molar-refractivity contribution is -0.140. The summed E-state index contributed by atoms with van der Waals surface area (Å²) in [6.07, 6.45) is 0.306. The second kappa shape index (κ2) is 12.2. The molecule has 2 amide bonds. The van der Waals surface area contributed by atoms with Gasteiger partial charge in [0.15, 0.2) is 0 Å². The van der Waals surface area contributed by atoms with Gasteiger partial charge in [0.2, 0.25) is 11.8 Å². The first-order valence-electron chi connectivity index (χ1n) is 12.4. The van der Waals surface area contributed by atoms with Crippen molar-refractivity contribution in [2.45, 2.75) is 51.6 Å². The molecular weight excluding hydrogens is 505 g/mol. The molecule has 1 atom stereocenters. The van der Waals surface area contributed by atoms with Crippen molar-refractivity contribution < 1.29 is 22.4 Å². The molecule has 0 radical (unpaired) electrons. The Balaban J connectivity index is 2.10. The first-order valence-corrected chi connectivity index (χ1v) is 13.8. The van der Waals surface area contributed by atoms with Gasteiger partial charge in [-0.15, -0.1) is 0 Å². The van der Waals surface area contributed by atoms with Crippen LogP contribution in [0.1, 0.15) is 35.6 Å². The van der Waals surface area contributed by atoms with Crippen molar-refractivity contribution >= 4 is 27.5 Å². The summed E-state index contributed by atoms with van der Waals surface area (Å²) in [7, 11) is -2.66. The highest BCUT2D eigenvalue weighted by molar-refractivity contribution is 7.92. The third kappa shape index (κ3) is 6.58. The minimum Gasteiger partial charge on any atom is -0.357 e. The van der Waals surface area contributed by atoms with Gasteiger partial charge in [0.05, 0.1) is 10.6 Å². The van der Waals surface area contributed by atoms with E-state index in [-0.39, 0.29) is 17.3 Å². The Morgan fingerprint density at radius 3 is 2.11 bits per heavy atom. The first kappa shape index (κ1) is 28.8. The Morgan fingerprint density at radius 2 is 1.53 bits per heavy atom. The Bertz CT molecular complexity index is 1390. The van der Waals surface area contributed by atoms with E-state index in [0.717, 1.165) is 15.4 Å². The van der Waals surface area contributed by atoms with Gasteiger partial charge in [0.25, 0.3) is 10.0 Å². The number of carbonyl (C=O) groups is 2. The van der Waals surface area contributed by atoms with Gasteiger partial charge < -0.3 is 10.2 Å². The quantitative estimate of drug-likeness (QED) is 0.411. The van der Waals surface area contributed by atoms with Gasteiger partial charge in [0.1, 0.15) is 18.4 Å². The number of amides is 2. The number of anilines is 1. The fraction of sp³-hybridized carbons (Fsp3) is 0.310. The summed E-state index contributed by atoms with van der Waals surface area (Å²) < 4.78 is 42.5. The predicted molar refractivity (Wildman–Crippen MR) is 147 cm³/mol. The van der Waals surface area contributed by atoms with Crippen LogP contribution in [0, 0.1) is 26.6 Å². The Labute approximate surface area is 224 Å². The molecule has 9 heteroatoms. The smallest absolute Gasteiger partial charge is 0.264 e. The molecule has 0 saturated heterocycles. The molecule has 0 aromatic heterocycles. The monoisotopic (exact) mass is 539 g/mol. The number of sulfonamides is 1. The summed E-state index contributed by atoms with van der Waals surface area (Å²) in [5, 5.41) is 2.58. The van der Waals surface area contributed by atoms with E-state index in [1.807, 2.05) is 26.0 Å². The molecule has 0 aliphatic carbocycles. The number of likely N-dealkylation sites (N-methyl/N-ethyl adjacent to an activating group) is 1. The van der Waals surface area contributed by atoms with Crippen LogP contribution in [0.15, 0.2) is 71.6 Å². The van der Waals surface area contributed by atoms with Gasteiger partial charge in [-0.2, -0.15) is 0 Å². The van der Waals surface area contributed by atoms with Crippen LogP contribution < -0.4 is 9.62 Å². The fourth-order valence-electron chi connectivity index (χ4n) is 4.21. The Morgan fingerprint density at radius 1 is 0.921 bits per heavy atom. The lowest BCUT2D eigenvalue weighted by atomic mass is 10.1. The molecule has 38 heavy (non-hydrogen) atoms. The van der Waals surface area contributed by atoms with Crippen molar-refractivity contribution in [1.82, 2.24) is 10.2 Å². The van der Waals surface area contributed by atoms with Crippen molar-refractivity contribution in [3.05, 3.63) is 94.8 Å². The van der Waals surface area contributed by atoms with Crippen LogP contribution in [-0.4, -0.2) is 44.8 Å². The van der Waals surface area contributed by atoms with Gasteiger partial charge in [-0.05, 0) is 74.2 Å². The summed E-state index contributed by atoms with van der Waals surface area (Å²) in [4.78, 5) is 28.1. The van der Waals surface area contributed by atoms with Crippen LogP contribution >= 0.6 is 0 Å². The number of aryl methyl sites for hydroxylation is 3. The molecule has 0 heterocycles. The average Bonchev–Trinajstić information content (AvgIpc) is 2.89. The highest BCUT2D eigenvalue weighted by atomic mass is 32.2. The van der Waals surface area contributed by atoms with Gasteiger partial charge in [-0.1, -0.05) is 48.9 Å². The van der Waals surface area contributed by atoms with Crippen molar-refractivity contribution in [2.24, 2.45) is 0 Å². The van der Waals surface area contributed by atoms with Crippen LogP contribution in [0.25, 0.3) is 0 Å². The second-order valence-electron chi connectivity index (χ2n) is 9.30. The number of hydrogen-bond acceptors (Lipinski definition) is 4. The fourth-order valence-corrected chi connectivity index (χ4v) is 5.68. The zero-order valence-electron chi connectivity index (χ0n) is 22.4. The molecule has 3 rings (SSSR count). The van der Waals surface area contributed by atoms with E-state index in [1.54, 1.807) is 32.0 Å². The molecule has 0 aliphatic heterocycles. The molecule has 0 saturated carbocycles. The average molecular weight is 540 g/mol. The van der Waals surface area contributed by atoms with E-state index in [0.29, 0.717) is 23.2 Å². The molecule has 3 aromatic carbocycles. The van der Waals surface area contributed by atoms with Gasteiger partial charge in [0, 0.05) is 13.6 Å². The minimum atomic E-state index is -4.14. The normalized spacial score (nSPS) is 12.1. The summed E-state index contributed by atoms with van der Waals surface area (Å²) >= 11 is 0. The maximum Gasteiger partial charge on any atom is 0.264 e. The maximum atomic E-state index is 13.9. The topological polar surface area (TPSA) is 86.8 Å². The SMILES string of the molecule is CC[C@H](C(=O)NC)N(Cc1ccc(F)cc1)C(=O)CN(c1cc(C)ccc1C)S(=O)(=O)c1ccc(C)cc1. The van der Waals surface area contributed by atoms with Crippen molar-refractivity contribution in [1.29, 1.82) is 0 Å². The molecule has 7 nitrogen and oxygen atoms in total.